The number of imidazole rings is 1. The van der Waals surface area contributed by atoms with E-state index in [2.05, 4.69) is 0 Å². The maximum atomic E-state index is 14.1. The van der Waals surface area contributed by atoms with Crippen LogP contribution in [0.15, 0.2) is 35.4 Å². The van der Waals surface area contributed by atoms with Crippen LogP contribution in [-0.2, 0) is 13.1 Å². The van der Waals surface area contributed by atoms with Crippen LogP contribution in [0.1, 0.15) is 18.1 Å². The smallest absolute Gasteiger partial charge is 0.328 e. The zero-order valence-electron chi connectivity index (χ0n) is 10.5. The highest BCUT2D eigenvalue weighted by atomic mass is 32.1. The Labute approximate surface area is 115 Å². The minimum atomic E-state index is -0.467. The van der Waals surface area contributed by atoms with Crippen LogP contribution in [0.25, 0.3) is 0 Å². The zero-order valence-corrected chi connectivity index (χ0v) is 11.3. The van der Waals surface area contributed by atoms with Gasteiger partial charge >= 0.3 is 5.69 Å². The molecule has 19 heavy (non-hydrogen) atoms. The molecule has 0 saturated carbocycles. The Morgan fingerprint density at radius 1 is 1.37 bits per heavy atom. The Balaban J connectivity index is 2.38. The van der Waals surface area contributed by atoms with Crippen LogP contribution >= 0.6 is 12.2 Å². The van der Waals surface area contributed by atoms with Crippen LogP contribution in [-0.4, -0.2) is 14.1 Å². The Kier molecular flexibility index (Phi) is 3.80. The summed E-state index contributed by atoms with van der Waals surface area (Å²) in [7, 11) is 0. The summed E-state index contributed by atoms with van der Waals surface area (Å²) in [5.74, 6) is -0.467. The van der Waals surface area contributed by atoms with E-state index in [0.29, 0.717) is 12.1 Å². The minimum absolute atomic E-state index is 0.0119. The zero-order chi connectivity index (χ0) is 14.0. The van der Waals surface area contributed by atoms with Gasteiger partial charge in [-0.3, -0.25) is 9.13 Å². The topological polar surface area (TPSA) is 52.9 Å². The average molecular weight is 279 g/mol. The number of nitrogens with two attached hydrogens (primary N) is 1. The molecule has 4 nitrogen and oxygen atoms in total. The lowest BCUT2D eigenvalue weighted by Gasteiger charge is -2.07. The summed E-state index contributed by atoms with van der Waals surface area (Å²) in [6, 6.07) is 4.82. The first-order chi connectivity index (χ1) is 9.04. The molecule has 2 rings (SSSR count). The lowest BCUT2D eigenvalue weighted by Crippen LogP contribution is -2.24. The molecule has 0 aliphatic carbocycles. The van der Waals surface area contributed by atoms with Gasteiger partial charge in [-0.2, -0.15) is 0 Å². The van der Waals surface area contributed by atoms with E-state index < -0.39 is 5.82 Å². The van der Waals surface area contributed by atoms with Crippen LogP contribution in [0.5, 0.6) is 0 Å². The molecular formula is C13H14FN3OS. The molecule has 0 bridgehead atoms. The van der Waals surface area contributed by atoms with Crippen molar-refractivity contribution >= 4 is 17.2 Å². The van der Waals surface area contributed by atoms with E-state index >= 15 is 0 Å². The first-order valence-corrected chi connectivity index (χ1v) is 6.28. The van der Waals surface area contributed by atoms with E-state index in [1.54, 1.807) is 29.1 Å². The van der Waals surface area contributed by atoms with Crippen LogP contribution in [0.2, 0.25) is 0 Å². The number of aromatic nitrogens is 2. The van der Waals surface area contributed by atoms with Gasteiger partial charge < -0.3 is 5.73 Å². The molecule has 100 valence electrons. The van der Waals surface area contributed by atoms with E-state index in [1.807, 2.05) is 6.92 Å². The van der Waals surface area contributed by atoms with Crippen LogP contribution in [0, 0.1) is 5.82 Å². The van der Waals surface area contributed by atoms with Crippen molar-refractivity contribution in [2.75, 3.05) is 0 Å². The van der Waals surface area contributed by atoms with Gasteiger partial charge in [-0.25, -0.2) is 9.18 Å². The molecule has 0 saturated heterocycles. The van der Waals surface area contributed by atoms with Crippen molar-refractivity contribution in [1.29, 1.82) is 0 Å². The van der Waals surface area contributed by atoms with Crippen LogP contribution in [0.4, 0.5) is 4.39 Å². The molecule has 2 aromatic rings. The highest BCUT2D eigenvalue weighted by molar-refractivity contribution is 7.80. The summed E-state index contributed by atoms with van der Waals surface area (Å²) in [4.78, 5) is 11.9. The van der Waals surface area contributed by atoms with E-state index in [-0.39, 0.29) is 22.8 Å². The molecule has 2 N–H and O–H groups in total. The SMILES string of the molecule is CCn1ccn(Cc2cccc(C(N)=S)c2F)c1=O. The molecule has 6 heteroatoms. The number of hydrogen-bond donors (Lipinski definition) is 1. The number of thiocarbonyl (C=S) groups is 1. The molecule has 0 fully saturated rings. The van der Waals surface area contributed by atoms with E-state index in [0.717, 1.165) is 0 Å². The molecule has 0 amide bonds. The number of rotatable bonds is 4. The van der Waals surface area contributed by atoms with Gasteiger partial charge in [-0.05, 0) is 13.0 Å². The minimum Gasteiger partial charge on any atom is -0.389 e. The molecule has 0 aliphatic heterocycles. The first kappa shape index (κ1) is 13.5. The molecule has 0 atom stereocenters. The largest absolute Gasteiger partial charge is 0.389 e. The highest BCUT2D eigenvalue weighted by Crippen LogP contribution is 2.13. The van der Waals surface area contributed by atoms with Gasteiger partial charge in [-0.1, -0.05) is 24.4 Å². The molecule has 0 unspecified atom stereocenters. The number of aryl methyl sites for hydroxylation is 1. The summed E-state index contributed by atoms with van der Waals surface area (Å²) in [6.07, 6.45) is 3.32. The fourth-order valence-electron chi connectivity index (χ4n) is 1.89. The van der Waals surface area contributed by atoms with Crippen LogP contribution in [0.3, 0.4) is 0 Å². The Morgan fingerprint density at radius 3 is 2.63 bits per heavy atom. The quantitative estimate of drug-likeness (QED) is 0.863. The fourth-order valence-corrected chi connectivity index (χ4v) is 2.05. The Morgan fingerprint density at radius 2 is 2.05 bits per heavy atom. The van der Waals surface area contributed by atoms with Crippen molar-refractivity contribution < 1.29 is 4.39 Å². The third kappa shape index (κ3) is 2.58. The number of benzene rings is 1. The summed E-state index contributed by atoms with van der Waals surface area (Å²) < 4.78 is 17.1. The predicted molar refractivity (Wildman–Crippen MR) is 75.8 cm³/mol. The number of hydrogen-bond acceptors (Lipinski definition) is 2. The molecule has 0 aliphatic rings. The summed E-state index contributed by atoms with van der Waals surface area (Å²) >= 11 is 4.79. The highest BCUT2D eigenvalue weighted by Gasteiger charge is 2.11. The maximum Gasteiger partial charge on any atom is 0.328 e. The molecule has 1 aromatic heterocycles. The average Bonchev–Trinajstić information content (AvgIpc) is 2.72. The van der Waals surface area contributed by atoms with Crippen molar-refractivity contribution in [3.05, 3.63) is 58.0 Å². The molecule has 0 spiro atoms. The van der Waals surface area contributed by atoms with Crippen LogP contribution < -0.4 is 11.4 Å². The van der Waals surface area contributed by atoms with Crippen molar-refractivity contribution in [2.45, 2.75) is 20.0 Å². The van der Waals surface area contributed by atoms with Gasteiger partial charge in [-0.15, -0.1) is 0 Å². The molecule has 1 aromatic carbocycles. The normalized spacial score (nSPS) is 10.6. The second-order valence-corrected chi connectivity index (χ2v) is 4.58. The molecule has 1 heterocycles. The van der Waals surface area contributed by atoms with Crippen molar-refractivity contribution in [3.63, 3.8) is 0 Å². The van der Waals surface area contributed by atoms with Gasteiger partial charge in [0.2, 0.25) is 0 Å². The van der Waals surface area contributed by atoms with Crippen molar-refractivity contribution in [2.24, 2.45) is 5.73 Å². The molecule has 0 radical (unpaired) electrons. The van der Waals surface area contributed by atoms with Gasteiger partial charge in [0, 0.05) is 30.1 Å². The first-order valence-electron chi connectivity index (χ1n) is 5.87. The van der Waals surface area contributed by atoms with Crippen molar-refractivity contribution in [1.82, 2.24) is 9.13 Å². The van der Waals surface area contributed by atoms with E-state index in [4.69, 9.17) is 18.0 Å². The summed E-state index contributed by atoms with van der Waals surface area (Å²) in [6.45, 7) is 2.62. The standard InChI is InChI=1S/C13H14FN3OS/c1-2-16-6-7-17(13(16)18)8-9-4-3-5-10(11(9)14)12(15)19/h3-7H,2,8H2,1H3,(H2,15,19). The number of halogens is 1. The second kappa shape index (κ2) is 5.36. The molecular weight excluding hydrogens is 265 g/mol. The lowest BCUT2D eigenvalue weighted by molar-refractivity contribution is 0.589. The van der Waals surface area contributed by atoms with Gasteiger partial charge in [0.15, 0.2) is 0 Å². The number of nitrogens with zero attached hydrogens (tertiary/aromatic N) is 2. The Hall–Kier alpha value is -1.95. The lowest BCUT2D eigenvalue weighted by atomic mass is 10.1. The van der Waals surface area contributed by atoms with Gasteiger partial charge in [0.05, 0.1) is 6.54 Å². The fraction of sp³-hybridized carbons (Fsp3) is 0.231. The second-order valence-electron chi connectivity index (χ2n) is 4.14. The third-order valence-electron chi connectivity index (χ3n) is 2.94. The van der Waals surface area contributed by atoms with E-state index in [1.165, 1.54) is 10.6 Å². The predicted octanol–water partition coefficient (Wildman–Crippen LogP) is 1.49. The summed E-state index contributed by atoms with van der Waals surface area (Å²) in [5, 5.41) is 0. The van der Waals surface area contributed by atoms with Gasteiger partial charge in [0.1, 0.15) is 10.8 Å². The van der Waals surface area contributed by atoms with Gasteiger partial charge in [0.25, 0.3) is 0 Å². The maximum absolute atomic E-state index is 14.1. The van der Waals surface area contributed by atoms with E-state index in [9.17, 15) is 9.18 Å². The third-order valence-corrected chi connectivity index (χ3v) is 3.16. The van der Waals surface area contributed by atoms with Crippen molar-refractivity contribution in [3.8, 4) is 0 Å². The monoisotopic (exact) mass is 279 g/mol. The summed E-state index contributed by atoms with van der Waals surface area (Å²) in [5.41, 5.74) is 5.88. The Bertz CT molecular complexity index is 675.